The number of imidazole rings is 1. The van der Waals surface area contributed by atoms with E-state index in [1.807, 2.05) is 53.1 Å². The van der Waals surface area contributed by atoms with Gasteiger partial charge in [0.25, 0.3) is 0 Å². The molecule has 0 atom stereocenters. The first-order valence-corrected chi connectivity index (χ1v) is 6.05. The van der Waals surface area contributed by atoms with E-state index in [0.29, 0.717) is 12.2 Å². The maximum atomic E-state index is 11.1. The molecule has 0 aliphatic rings. The first-order chi connectivity index (χ1) is 9.33. The number of hydrogen-bond acceptors (Lipinski definition) is 3. The molecule has 3 aromatic rings. The topological polar surface area (TPSA) is 60.4 Å². The SMILES string of the molecule is NCc1ccc(-c2nc(C=O)c3ccccn23)cc1. The van der Waals surface area contributed by atoms with Gasteiger partial charge in [-0.05, 0) is 17.7 Å². The van der Waals surface area contributed by atoms with Gasteiger partial charge in [0.1, 0.15) is 11.5 Å². The number of aldehydes is 1. The standard InChI is InChI=1S/C15H13N3O/c16-9-11-4-6-12(7-5-11)15-17-13(10-19)14-3-1-2-8-18(14)15/h1-8,10H,9,16H2. The predicted octanol–water partition coefficient (Wildman–Crippen LogP) is 2.27. The predicted molar refractivity (Wildman–Crippen MR) is 73.9 cm³/mol. The lowest BCUT2D eigenvalue weighted by molar-refractivity contribution is 0.112. The van der Waals surface area contributed by atoms with Gasteiger partial charge in [0.15, 0.2) is 6.29 Å². The summed E-state index contributed by atoms with van der Waals surface area (Å²) in [4.78, 5) is 15.5. The van der Waals surface area contributed by atoms with Gasteiger partial charge in [-0.2, -0.15) is 0 Å². The van der Waals surface area contributed by atoms with Crippen molar-refractivity contribution in [2.75, 3.05) is 0 Å². The fraction of sp³-hybridized carbons (Fsp3) is 0.0667. The van der Waals surface area contributed by atoms with Gasteiger partial charge in [-0.15, -0.1) is 0 Å². The number of hydrogen-bond donors (Lipinski definition) is 1. The van der Waals surface area contributed by atoms with Crippen LogP contribution in [0.5, 0.6) is 0 Å². The number of nitrogens with zero attached hydrogens (tertiary/aromatic N) is 2. The van der Waals surface area contributed by atoms with Crippen LogP contribution in [0.15, 0.2) is 48.7 Å². The van der Waals surface area contributed by atoms with Crippen LogP contribution >= 0.6 is 0 Å². The normalized spacial score (nSPS) is 10.8. The number of pyridine rings is 1. The van der Waals surface area contributed by atoms with Gasteiger partial charge < -0.3 is 5.73 Å². The zero-order chi connectivity index (χ0) is 13.2. The zero-order valence-corrected chi connectivity index (χ0v) is 10.3. The zero-order valence-electron chi connectivity index (χ0n) is 10.3. The molecule has 0 radical (unpaired) electrons. The number of nitrogens with two attached hydrogens (primary N) is 1. The van der Waals surface area contributed by atoms with Crippen LogP contribution in [-0.2, 0) is 6.54 Å². The molecule has 2 N–H and O–H groups in total. The summed E-state index contributed by atoms with van der Waals surface area (Å²) in [6, 6.07) is 13.6. The summed E-state index contributed by atoms with van der Waals surface area (Å²) in [7, 11) is 0. The van der Waals surface area contributed by atoms with E-state index in [-0.39, 0.29) is 0 Å². The molecule has 19 heavy (non-hydrogen) atoms. The lowest BCUT2D eigenvalue weighted by Crippen LogP contribution is -1.96. The Kier molecular flexibility index (Phi) is 2.85. The van der Waals surface area contributed by atoms with Gasteiger partial charge in [-0.25, -0.2) is 4.98 Å². The van der Waals surface area contributed by atoms with Crippen molar-refractivity contribution < 1.29 is 4.79 Å². The highest BCUT2D eigenvalue weighted by atomic mass is 16.1. The Morgan fingerprint density at radius 2 is 1.95 bits per heavy atom. The molecule has 0 spiro atoms. The van der Waals surface area contributed by atoms with Gasteiger partial charge in [0.05, 0.1) is 5.52 Å². The highest BCUT2D eigenvalue weighted by molar-refractivity contribution is 5.85. The van der Waals surface area contributed by atoms with Crippen molar-refractivity contribution in [3.63, 3.8) is 0 Å². The maximum absolute atomic E-state index is 11.1. The minimum Gasteiger partial charge on any atom is -0.326 e. The van der Waals surface area contributed by atoms with Crippen LogP contribution < -0.4 is 5.73 Å². The van der Waals surface area contributed by atoms with E-state index < -0.39 is 0 Å². The largest absolute Gasteiger partial charge is 0.326 e. The molecule has 1 aromatic carbocycles. The average molecular weight is 251 g/mol. The Hall–Kier alpha value is -2.46. The number of rotatable bonds is 3. The van der Waals surface area contributed by atoms with Crippen LogP contribution in [-0.4, -0.2) is 15.7 Å². The number of aromatic nitrogens is 2. The van der Waals surface area contributed by atoms with Crippen LogP contribution in [0, 0.1) is 0 Å². The summed E-state index contributed by atoms with van der Waals surface area (Å²) in [6.07, 6.45) is 2.69. The van der Waals surface area contributed by atoms with Gasteiger partial charge in [-0.1, -0.05) is 30.3 Å². The molecule has 0 bridgehead atoms. The number of carbonyl (C=O) groups is 1. The van der Waals surface area contributed by atoms with E-state index in [1.54, 1.807) is 0 Å². The first kappa shape index (κ1) is 11.6. The van der Waals surface area contributed by atoms with Crippen molar-refractivity contribution in [2.45, 2.75) is 6.54 Å². The Bertz CT molecular complexity index is 729. The van der Waals surface area contributed by atoms with E-state index in [1.165, 1.54) is 0 Å². The Morgan fingerprint density at radius 3 is 2.63 bits per heavy atom. The average Bonchev–Trinajstić information content (AvgIpc) is 2.86. The number of benzene rings is 1. The number of carbonyl (C=O) groups excluding carboxylic acids is 1. The fourth-order valence-electron chi connectivity index (χ4n) is 2.14. The second kappa shape index (κ2) is 4.66. The summed E-state index contributed by atoms with van der Waals surface area (Å²) in [5.74, 6) is 0.765. The summed E-state index contributed by atoms with van der Waals surface area (Å²) >= 11 is 0. The molecule has 4 heteroatoms. The van der Waals surface area contributed by atoms with Gasteiger partial charge in [-0.3, -0.25) is 9.20 Å². The van der Waals surface area contributed by atoms with Crippen molar-refractivity contribution in [1.29, 1.82) is 0 Å². The van der Waals surface area contributed by atoms with Crippen LogP contribution in [0.2, 0.25) is 0 Å². The van der Waals surface area contributed by atoms with E-state index in [9.17, 15) is 4.79 Å². The molecule has 0 fully saturated rings. The minimum atomic E-state index is 0.457. The Labute approximate surface area is 110 Å². The highest BCUT2D eigenvalue weighted by Gasteiger charge is 2.11. The summed E-state index contributed by atoms with van der Waals surface area (Å²) in [5.41, 5.74) is 8.89. The van der Waals surface area contributed by atoms with Gasteiger partial charge >= 0.3 is 0 Å². The quantitative estimate of drug-likeness (QED) is 0.726. The molecule has 0 saturated carbocycles. The molecule has 2 aromatic heterocycles. The second-order valence-electron chi connectivity index (χ2n) is 4.30. The molecule has 2 heterocycles. The molecular weight excluding hydrogens is 238 g/mol. The van der Waals surface area contributed by atoms with Crippen molar-refractivity contribution in [2.24, 2.45) is 5.73 Å². The van der Waals surface area contributed by atoms with Crippen LogP contribution in [0.4, 0.5) is 0 Å². The van der Waals surface area contributed by atoms with E-state index >= 15 is 0 Å². The molecule has 94 valence electrons. The Balaban J connectivity index is 2.21. The third-order valence-corrected chi connectivity index (χ3v) is 3.14. The summed E-state index contributed by atoms with van der Waals surface area (Å²) in [6.45, 7) is 0.516. The van der Waals surface area contributed by atoms with E-state index in [4.69, 9.17) is 5.73 Å². The number of fused-ring (bicyclic) bond motifs is 1. The van der Waals surface area contributed by atoms with Crippen LogP contribution in [0.1, 0.15) is 16.1 Å². The van der Waals surface area contributed by atoms with Gasteiger partial charge in [0.2, 0.25) is 0 Å². The molecule has 0 saturated heterocycles. The third-order valence-electron chi connectivity index (χ3n) is 3.14. The van der Waals surface area contributed by atoms with E-state index in [0.717, 1.165) is 28.8 Å². The smallest absolute Gasteiger partial charge is 0.170 e. The molecule has 0 amide bonds. The van der Waals surface area contributed by atoms with Crippen molar-refractivity contribution in [1.82, 2.24) is 9.38 Å². The second-order valence-corrected chi connectivity index (χ2v) is 4.30. The summed E-state index contributed by atoms with van der Waals surface area (Å²) in [5, 5.41) is 0. The van der Waals surface area contributed by atoms with Crippen molar-refractivity contribution in [3.05, 3.63) is 59.9 Å². The lowest BCUT2D eigenvalue weighted by atomic mass is 10.1. The van der Waals surface area contributed by atoms with Crippen LogP contribution in [0.25, 0.3) is 16.9 Å². The molecular formula is C15H13N3O. The third kappa shape index (κ3) is 1.92. The van der Waals surface area contributed by atoms with E-state index in [2.05, 4.69) is 4.98 Å². The maximum Gasteiger partial charge on any atom is 0.170 e. The molecule has 0 aliphatic carbocycles. The van der Waals surface area contributed by atoms with Crippen LogP contribution in [0.3, 0.4) is 0 Å². The molecule has 4 nitrogen and oxygen atoms in total. The lowest BCUT2D eigenvalue weighted by Gasteiger charge is -2.02. The van der Waals surface area contributed by atoms with Crippen molar-refractivity contribution >= 4 is 11.8 Å². The Morgan fingerprint density at radius 1 is 1.16 bits per heavy atom. The summed E-state index contributed by atoms with van der Waals surface area (Å²) < 4.78 is 1.92. The minimum absolute atomic E-state index is 0.457. The monoisotopic (exact) mass is 251 g/mol. The van der Waals surface area contributed by atoms with Crippen molar-refractivity contribution in [3.8, 4) is 11.4 Å². The first-order valence-electron chi connectivity index (χ1n) is 6.05. The fourth-order valence-corrected chi connectivity index (χ4v) is 2.14. The molecule has 0 aliphatic heterocycles. The molecule has 3 rings (SSSR count). The molecule has 0 unspecified atom stereocenters. The van der Waals surface area contributed by atoms with Gasteiger partial charge in [0, 0.05) is 18.3 Å². The highest BCUT2D eigenvalue weighted by Crippen LogP contribution is 2.22.